The Morgan fingerprint density at radius 1 is 0.913 bits per heavy atom. The van der Waals surface area contributed by atoms with Crippen molar-refractivity contribution in [3.63, 3.8) is 0 Å². The predicted molar refractivity (Wildman–Crippen MR) is 97.0 cm³/mol. The first kappa shape index (κ1) is 13.5. The summed E-state index contributed by atoms with van der Waals surface area (Å²) in [7, 11) is 0. The summed E-state index contributed by atoms with van der Waals surface area (Å²) >= 11 is 3.66. The average Bonchev–Trinajstić information content (AvgIpc) is 3.20. The number of hydrogen-bond acceptors (Lipinski definition) is 4. The molecule has 0 unspecified atom stereocenters. The maximum absolute atomic E-state index is 4.84. The number of hydrogen-bond donors (Lipinski definition) is 1. The zero-order chi connectivity index (χ0) is 15.2. The van der Waals surface area contributed by atoms with Crippen molar-refractivity contribution >= 4 is 45.5 Å². The number of pyridine rings is 1. The van der Waals surface area contributed by atoms with Gasteiger partial charge in [0.05, 0.1) is 22.2 Å². The molecule has 2 aromatic carbocycles. The molecule has 2 aromatic heterocycles. The molecule has 0 fully saturated rings. The number of aromatic nitrogens is 3. The van der Waals surface area contributed by atoms with Crippen molar-refractivity contribution in [3.05, 3.63) is 59.8 Å². The van der Waals surface area contributed by atoms with Crippen molar-refractivity contribution in [1.29, 1.82) is 0 Å². The lowest BCUT2D eigenvalue weighted by molar-refractivity contribution is 1.07. The molecule has 3 heterocycles. The van der Waals surface area contributed by atoms with Crippen LogP contribution in [0.15, 0.2) is 58.6 Å². The minimum absolute atomic E-state index is 0.946. The molecule has 112 valence electrons. The summed E-state index contributed by atoms with van der Waals surface area (Å²) in [4.78, 5) is 14.3. The average molecular weight is 335 g/mol. The van der Waals surface area contributed by atoms with Crippen LogP contribution in [0, 0.1) is 0 Å². The third-order valence-corrected chi connectivity index (χ3v) is 6.11. The molecule has 1 N–H and O–H groups in total. The summed E-state index contributed by atoms with van der Waals surface area (Å²) < 4.78 is 0. The number of para-hydroxylation sites is 3. The number of nitrogens with zero attached hydrogens (tertiary/aromatic N) is 2. The summed E-state index contributed by atoms with van der Waals surface area (Å²) in [5.41, 5.74) is 5.78. The molecule has 1 aliphatic heterocycles. The normalized spacial score (nSPS) is 13.7. The van der Waals surface area contributed by atoms with Gasteiger partial charge in [0.15, 0.2) is 5.16 Å². The fourth-order valence-corrected chi connectivity index (χ4v) is 5.21. The van der Waals surface area contributed by atoms with Crippen LogP contribution in [0.3, 0.4) is 0 Å². The zero-order valence-corrected chi connectivity index (χ0v) is 13.9. The summed E-state index contributed by atoms with van der Waals surface area (Å²) in [6.45, 7) is 0. The van der Waals surface area contributed by atoms with Crippen LogP contribution in [0.5, 0.6) is 0 Å². The maximum Gasteiger partial charge on any atom is 0.171 e. The largest absolute Gasteiger partial charge is 0.333 e. The minimum atomic E-state index is 0.946. The van der Waals surface area contributed by atoms with E-state index in [0.29, 0.717) is 0 Å². The summed E-state index contributed by atoms with van der Waals surface area (Å²) in [6.07, 6.45) is 0. The number of H-pyrrole nitrogens is 1. The van der Waals surface area contributed by atoms with E-state index >= 15 is 0 Å². The molecule has 0 amide bonds. The van der Waals surface area contributed by atoms with E-state index in [1.807, 2.05) is 30.0 Å². The molecule has 0 saturated carbocycles. The SMILES string of the molecule is c1ccc2[nH]c(Sc3c4c(nc5ccccc35)CSC4)nc2c1. The van der Waals surface area contributed by atoms with Crippen molar-refractivity contribution in [2.45, 2.75) is 21.6 Å². The Morgan fingerprint density at radius 2 is 1.74 bits per heavy atom. The van der Waals surface area contributed by atoms with Gasteiger partial charge in [-0.2, -0.15) is 11.8 Å². The van der Waals surface area contributed by atoms with Crippen molar-refractivity contribution in [2.75, 3.05) is 0 Å². The van der Waals surface area contributed by atoms with Crippen LogP contribution in [0.25, 0.3) is 21.9 Å². The van der Waals surface area contributed by atoms with Crippen molar-refractivity contribution < 1.29 is 0 Å². The lowest BCUT2D eigenvalue weighted by Crippen LogP contribution is -1.94. The fourth-order valence-electron chi connectivity index (χ4n) is 2.98. The second-order valence-corrected chi connectivity index (χ2v) is 7.52. The molecule has 5 heteroatoms. The van der Waals surface area contributed by atoms with Crippen LogP contribution in [-0.2, 0) is 11.5 Å². The quantitative estimate of drug-likeness (QED) is 0.559. The highest BCUT2D eigenvalue weighted by molar-refractivity contribution is 8.00. The van der Waals surface area contributed by atoms with Crippen LogP contribution < -0.4 is 0 Å². The topological polar surface area (TPSA) is 41.6 Å². The first-order chi connectivity index (χ1) is 11.4. The second-order valence-electron chi connectivity index (χ2n) is 5.54. The third kappa shape index (κ3) is 2.23. The van der Waals surface area contributed by atoms with E-state index in [1.54, 1.807) is 11.8 Å². The molecule has 4 aromatic rings. The van der Waals surface area contributed by atoms with Crippen LogP contribution >= 0.6 is 23.5 Å². The molecular formula is C18H13N3S2. The van der Waals surface area contributed by atoms with Gasteiger partial charge in [-0.15, -0.1) is 0 Å². The van der Waals surface area contributed by atoms with Crippen LogP contribution in [-0.4, -0.2) is 15.0 Å². The van der Waals surface area contributed by atoms with Gasteiger partial charge in [0, 0.05) is 21.8 Å². The Kier molecular flexibility index (Phi) is 3.09. The summed E-state index contributed by atoms with van der Waals surface area (Å²) in [5, 5.41) is 2.17. The third-order valence-electron chi connectivity index (χ3n) is 4.08. The van der Waals surface area contributed by atoms with E-state index in [2.05, 4.69) is 35.3 Å². The van der Waals surface area contributed by atoms with Gasteiger partial charge in [-0.3, -0.25) is 4.98 Å². The number of thioether (sulfide) groups is 1. The second kappa shape index (κ2) is 5.28. The highest BCUT2D eigenvalue weighted by Crippen LogP contribution is 2.42. The van der Waals surface area contributed by atoms with Gasteiger partial charge in [0.2, 0.25) is 0 Å². The maximum atomic E-state index is 4.84. The Morgan fingerprint density at radius 3 is 2.65 bits per heavy atom. The highest BCUT2D eigenvalue weighted by Gasteiger charge is 2.21. The molecular weight excluding hydrogens is 322 g/mol. The van der Waals surface area contributed by atoms with Crippen molar-refractivity contribution in [2.24, 2.45) is 0 Å². The van der Waals surface area contributed by atoms with E-state index in [9.17, 15) is 0 Å². The zero-order valence-electron chi connectivity index (χ0n) is 12.2. The Balaban J connectivity index is 1.70. The Bertz CT molecular complexity index is 1010. The van der Waals surface area contributed by atoms with E-state index < -0.39 is 0 Å². The minimum Gasteiger partial charge on any atom is -0.333 e. The molecule has 0 atom stereocenters. The van der Waals surface area contributed by atoms with Gasteiger partial charge in [-0.1, -0.05) is 42.1 Å². The fraction of sp³-hybridized carbons (Fsp3) is 0.111. The van der Waals surface area contributed by atoms with E-state index in [1.165, 1.54) is 21.5 Å². The van der Waals surface area contributed by atoms with E-state index in [-0.39, 0.29) is 0 Å². The van der Waals surface area contributed by atoms with Gasteiger partial charge >= 0.3 is 0 Å². The number of rotatable bonds is 2. The lowest BCUT2D eigenvalue weighted by Gasteiger charge is -2.10. The Labute approximate surface area is 141 Å². The van der Waals surface area contributed by atoms with Crippen LogP contribution in [0.4, 0.5) is 0 Å². The number of aromatic amines is 1. The standard InChI is InChI=1S/C18H13N3S2/c1-2-6-13-11(5-1)17(12-9-22-10-16(12)19-13)23-18-20-14-7-3-4-8-15(14)21-18/h1-8H,9-10H2,(H,20,21). The first-order valence-corrected chi connectivity index (χ1v) is 9.46. The molecule has 0 saturated heterocycles. The van der Waals surface area contributed by atoms with Crippen molar-refractivity contribution in [3.8, 4) is 0 Å². The summed E-state index contributed by atoms with van der Waals surface area (Å²) in [5.74, 6) is 2.05. The summed E-state index contributed by atoms with van der Waals surface area (Å²) in [6, 6.07) is 16.6. The number of benzene rings is 2. The lowest BCUT2D eigenvalue weighted by atomic mass is 10.1. The van der Waals surface area contributed by atoms with Gasteiger partial charge in [-0.25, -0.2) is 4.98 Å². The molecule has 0 aliphatic carbocycles. The molecule has 3 nitrogen and oxygen atoms in total. The smallest absolute Gasteiger partial charge is 0.171 e. The van der Waals surface area contributed by atoms with Crippen LogP contribution in [0.1, 0.15) is 11.3 Å². The van der Waals surface area contributed by atoms with Crippen molar-refractivity contribution in [1.82, 2.24) is 15.0 Å². The first-order valence-electron chi connectivity index (χ1n) is 7.49. The monoisotopic (exact) mass is 335 g/mol. The van der Waals surface area contributed by atoms with Gasteiger partial charge in [0.25, 0.3) is 0 Å². The van der Waals surface area contributed by atoms with E-state index in [4.69, 9.17) is 9.97 Å². The highest BCUT2D eigenvalue weighted by atomic mass is 32.2. The number of imidazole rings is 1. The van der Waals surface area contributed by atoms with Gasteiger partial charge in [-0.05, 0) is 23.8 Å². The number of fused-ring (bicyclic) bond motifs is 3. The Hall–Kier alpha value is -1.98. The van der Waals surface area contributed by atoms with E-state index in [0.717, 1.165) is 33.2 Å². The molecule has 5 rings (SSSR count). The molecule has 23 heavy (non-hydrogen) atoms. The molecule has 0 radical (unpaired) electrons. The predicted octanol–water partition coefficient (Wildman–Crippen LogP) is 5.01. The van der Waals surface area contributed by atoms with Gasteiger partial charge < -0.3 is 4.98 Å². The van der Waals surface area contributed by atoms with Gasteiger partial charge in [0.1, 0.15) is 0 Å². The number of nitrogens with one attached hydrogen (secondary N) is 1. The molecule has 0 bridgehead atoms. The molecule has 0 spiro atoms. The molecule has 1 aliphatic rings. The van der Waals surface area contributed by atoms with Crippen LogP contribution in [0.2, 0.25) is 0 Å².